The number of methoxy groups -OCH3 is 2. The molecule has 0 unspecified atom stereocenters. The number of fused-ring (bicyclic) bond motifs is 2. The van der Waals surface area contributed by atoms with Crippen molar-refractivity contribution < 1.29 is 14.0 Å². The van der Waals surface area contributed by atoms with Crippen molar-refractivity contribution in [2.45, 2.75) is 20.0 Å². The van der Waals surface area contributed by atoms with Crippen LogP contribution in [-0.4, -0.2) is 46.7 Å². The largest absolute Gasteiger partial charge is 0.496 e. The average Bonchev–Trinajstić information content (AvgIpc) is 2.79. The van der Waals surface area contributed by atoms with Gasteiger partial charge in [0.15, 0.2) is 5.71 Å². The van der Waals surface area contributed by atoms with Gasteiger partial charge in [0, 0.05) is 28.7 Å². The van der Waals surface area contributed by atoms with Crippen molar-refractivity contribution in [3.8, 4) is 11.5 Å². The van der Waals surface area contributed by atoms with Crippen LogP contribution < -0.4 is 14.7 Å². The molecule has 4 rings (SSSR count). The molecule has 0 saturated carbocycles. The smallest absolute Gasteiger partial charge is 0.199 e. The standard InChI is InChI=1S/C26H29N4O2Si/c1-16-8-10-18-24(12-16)33(6,7)25-13-17(30(2)3)9-11-19(25)26(18)20-14-21(28-29-27)23(32-5)15-22(20)31-4/h8-15H,1-7H3/q+1. The molecule has 0 N–H and O–H groups in total. The first-order valence-electron chi connectivity index (χ1n) is 10.8. The molecule has 33 heavy (non-hydrogen) atoms. The zero-order chi connectivity index (χ0) is 23.9. The third-order valence-electron chi connectivity index (χ3n) is 6.50. The molecule has 2 aliphatic rings. The number of nitrogens with zero attached hydrogens (tertiary/aromatic N) is 4. The van der Waals surface area contributed by atoms with E-state index in [-0.39, 0.29) is 0 Å². The Balaban J connectivity index is 2.15. The van der Waals surface area contributed by atoms with E-state index in [0.29, 0.717) is 17.2 Å². The van der Waals surface area contributed by atoms with Gasteiger partial charge in [0.1, 0.15) is 33.7 Å². The molecule has 0 saturated heterocycles. The van der Waals surface area contributed by atoms with Crippen LogP contribution in [0.5, 0.6) is 11.5 Å². The molecule has 168 valence electrons. The highest BCUT2D eigenvalue weighted by molar-refractivity contribution is 6.98. The van der Waals surface area contributed by atoms with Crippen LogP contribution >= 0.6 is 0 Å². The first kappa shape index (κ1) is 22.6. The van der Waals surface area contributed by atoms with Gasteiger partial charge < -0.3 is 9.47 Å². The van der Waals surface area contributed by atoms with Crippen LogP contribution in [0.15, 0.2) is 64.4 Å². The first-order chi connectivity index (χ1) is 15.7. The van der Waals surface area contributed by atoms with Crippen molar-refractivity contribution in [1.82, 2.24) is 0 Å². The summed E-state index contributed by atoms with van der Waals surface area (Å²) < 4.78 is 13.4. The van der Waals surface area contributed by atoms with Crippen LogP contribution in [0.4, 0.5) is 5.69 Å². The average molecular weight is 458 g/mol. The van der Waals surface area contributed by atoms with Crippen molar-refractivity contribution in [3.05, 3.63) is 86.5 Å². The van der Waals surface area contributed by atoms with Gasteiger partial charge in [-0.15, -0.1) is 0 Å². The van der Waals surface area contributed by atoms with E-state index < -0.39 is 8.07 Å². The Labute approximate surface area is 195 Å². The summed E-state index contributed by atoms with van der Waals surface area (Å²) in [6.07, 6.45) is 6.71. The summed E-state index contributed by atoms with van der Waals surface area (Å²) in [4.78, 5) is 3.01. The number of hydrogen-bond acceptors (Lipinski definition) is 3. The molecule has 0 radical (unpaired) electrons. The summed E-state index contributed by atoms with van der Waals surface area (Å²) >= 11 is 0. The minimum absolute atomic E-state index is 0.436. The maximum atomic E-state index is 9.13. The third-order valence-corrected chi connectivity index (χ3v) is 10.0. The molecule has 0 aromatic heterocycles. The van der Waals surface area contributed by atoms with Crippen molar-refractivity contribution in [3.63, 3.8) is 0 Å². The lowest BCUT2D eigenvalue weighted by atomic mass is 9.88. The zero-order valence-corrected chi connectivity index (χ0v) is 21.2. The molecule has 0 fully saturated rings. The fourth-order valence-electron chi connectivity index (χ4n) is 4.72. The number of allylic oxidation sites excluding steroid dienone is 5. The molecule has 0 bridgehead atoms. The molecule has 7 heteroatoms. The first-order valence-corrected chi connectivity index (χ1v) is 13.8. The Hall–Kier alpha value is -3.54. The topological polar surface area (TPSA) is 70.2 Å². The summed E-state index contributed by atoms with van der Waals surface area (Å²) in [7, 11) is 5.37. The molecule has 0 amide bonds. The second-order valence-electron chi connectivity index (χ2n) is 9.09. The zero-order valence-electron chi connectivity index (χ0n) is 20.2. The monoisotopic (exact) mass is 457 g/mol. The molecule has 1 aliphatic heterocycles. The van der Waals surface area contributed by atoms with Crippen molar-refractivity contribution in [1.29, 1.82) is 0 Å². The summed E-state index contributed by atoms with van der Waals surface area (Å²) in [6, 6.07) is 10.4. The van der Waals surface area contributed by atoms with E-state index in [2.05, 4.69) is 85.1 Å². The quantitative estimate of drug-likeness (QED) is 0.202. The van der Waals surface area contributed by atoms with Crippen LogP contribution in [0.25, 0.3) is 16.0 Å². The van der Waals surface area contributed by atoms with Gasteiger partial charge in [-0.2, -0.15) is 0 Å². The predicted octanol–water partition coefficient (Wildman–Crippen LogP) is 5.43. The van der Waals surface area contributed by atoms with Crippen molar-refractivity contribution in [2.75, 3.05) is 28.3 Å². The molecule has 1 aliphatic carbocycles. The van der Waals surface area contributed by atoms with E-state index in [1.165, 1.54) is 32.8 Å². The van der Waals surface area contributed by atoms with E-state index in [1.54, 1.807) is 20.3 Å². The van der Waals surface area contributed by atoms with Gasteiger partial charge in [-0.3, -0.25) is 0 Å². The minimum atomic E-state index is -1.98. The molecular formula is C26H29N4O2Si+. The highest BCUT2D eigenvalue weighted by atomic mass is 28.3. The molecule has 0 spiro atoms. The lowest BCUT2D eigenvalue weighted by Gasteiger charge is -2.38. The fraction of sp³-hybridized carbons (Fsp3) is 0.269. The Morgan fingerprint density at radius 2 is 1.70 bits per heavy atom. The second-order valence-corrected chi connectivity index (χ2v) is 13.4. The molecule has 1 heterocycles. The van der Waals surface area contributed by atoms with Gasteiger partial charge in [0.2, 0.25) is 0 Å². The maximum absolute atomic E-state index is 9.13. The van der Waals surface area contributed by atoms with Crippen LogP contribution in [0.3, 0.4) is 0 Å². The lowest BCUT2D eigenvalue weighted by molar-refractivity contribution is -0.462. The molecule has 2 aromatic rings. The van der Waals surface area contributed by atoms with E-state index in [9.17, 15) is 0 Å². The van der Waals surface area contributed by atoms with Crippen LogP contribution in [-0.2, 0) is 0 Å². The Morgan fingerprint density at radius 1 is 0.970 bits per heavy atom. The van der Waals surface area contributed by atoms with Crippen molar-refractivity contribution >= 4 is 30.2 Å². The van der Waals surface area contributed by atoms with E-state index in [4.69, 9.17) is 15.0 Å². The van der Waals surface area contributed by atoms with Crippen LogP contribution in [0, 0.1) is 6.92 Å². The van der Waals surface area contributed by atoms with Gasteiger partial charge in [-0.25, -0.2) is 4.58 Å². The number of aryl methyl sites for hydroxylation is 1. The lowest BCUT2D eigenvalue weighted by Crippen LogP contribution is -2.49. The molecule has 0 atom stereocenters. The second kappa shape index (κ2) is 8.43. The van der Waals surface area contributed by atoms with Gasteiger partial charge in [0.05, 0.1) is 19.9 Å². The number of ether oxygens (including phenoxy) is 2. The number of rotatable bonds is 4. The van der Waals surface area contributed by atoms with Crippen LogP contribution in [0.1, 0.15) is 16.7 Å². The maximum Gasteiger partial charge on any atom is 0.199 e. The van der Waals surface area contributed by atoms with Gasteiger partial charge in [0.25, 0.3) is 0 Å². The van der Waals surface area contributed by atoms with Crippen LogP contribution in [0.2, 0.25) is 13.1 Å². The molecular weight excluding hydrogens is 428 g/mol. The van der Waals surface area contributed by atoms with E-state index in [1.807, 2.05) is 6.07 Å². The normalized spacial score (nSPS) is 15.8. The number of azide groups is 1. The summed E-state index contributed by atoms with van der Waals surface area (Å²) in [5, 5.41) is 6.66. The summed E-state index contributed by atoms with van der Waals surface area (Å²) in [5.74, 6) is 1.15. The number of benzene rings is 2. The van der Waals surface area contributed by atoms with Gasteiger partial charge in [-0.1, -0.05) is 42.0 Å². The summed E-state index contributed by atoms with van der Waals surface area (Å²) in [5.41, 5.74) is 16.4. The molecule has 6 nitrogen and oxygen atoms in total. The highest BCUT2D eigenvalue weighted by Crippen LogP contribution is 2.46. The van der Waals surface area contributed by atoms with E-state index >= 15 is 0 Å². The SMILES string of the molecule is COc1cc(OC)c(C2=C3C=CC(=[N+](C)C)C=C3[Si](C)(C)c3cc(C)ccc32)cc1N=[N+]=[N-]. The van der Waals surface area contributed by atoms with Gasteiger partial charge in [-0.05, 0) is 51.7 Å². The van der Waals surface area contributed by atoms with Gasteiger partial charge >= 0.3 is 0 Å². The minimum Gasteiger partial charge on any atom is -0.496 e. The number of hydrogen-bond donors (Lipinski definition) is 0. The highest BCUT2D eigenvalue weighted by Gasteiger charge is 2.40. The Kier molecular flexibility index (Phi) is 5.78. The van der Waals surface area contributed by atoms with E-state index in [0.717, 1.165) is 11.1 Å². The Bertz CT molecular complexity index is 1340. The molecule has 2 aromatic carbocycles. The van der Waals surface area contributed by atoms with Crippen molar-refractivity contribution in [2.24, 2.45) is 5.11 Å². The predicted molar refractivity (Wildman–Crippen MR) is 137 cm³/mol. The summed E-state index contributed by atoms with van der Waals surface area (Å²) in [6.45, 7) is 6.97. The fourth-order valence-corrected chi connectivity index (χ4v) is 7.87. The third kappa shape index (κ3) is 3.69. The Morgan fingerprint density at radius 3 is 2.33 bits per heavy atom.